The van der Waals surface area contributed by atoms with Crippen molar-refractivity contribution in [2.24, 2.45) is 11.3 Å². The second-order valence-corrected chi connectivity index (χ2v) is 8.62. The summed E-state index contributed by atoms with van der Waals surface area (Å²) in [7, 11) is 1.61. The summed E-state index contributed by atoms with van der Waals surface area (Å²) < 4.78 is 24.5. The third kappa shape index (κ3) is 4.24. The van der Waals surface area contributed by atoms with Crippen molar-refractivity contribution < 1.29 is 18.7 Å². The van der Waals surface area contributed by atoms with Crippen molar-refractivity contribution >= 4 is 23.3 Å². The molecule has 0 aromatic carbocycles. The number of halogens is 1. The first kappa shape index (κ1) is 20.1. The van der Waals surface area contributed by atoms with E-state index in [2.05, 4.69) is 15.3 Å². The SMILES string of the molecule is COC(CCN1CNc2c(N)nc(F)nc21)COC(=O)C1CC2(CCCCC2)C1. The zero-order valence-electron chi connectivity index (χ0n) is 17.0. The van der Waals surface area contributed by atoms with E-state index in [0.29, 0.717) is 36.6 Å². The van der Waals surface area contributed by atoms with Gasteiger partial charge in [0.1, 0.15) is 12.3 Å². The van der Waals surface area contributed by atoms with Gasteiger partial charge in [0, 0.05) is 13.7 Å². The number of methoxy groups -OCH3 is 1. The highest BCUT2D eigenvalue weighted by molar-refractivity contribution is 5.79. The van der Waals surface area contributed by atoms with Crippen LogP contribution in [0, 0.1) is 17.4 Å². The molecule has 3 aliphatic rings. The lowest BCUT2D eigenvalue weighted by Gasteiger charge is -2.49. The summed E-state index contributed by atoms with van der Waals surface area (Å²) in [6.45, 7) is 1.27. The van der Waals surface area contributed by atoms with Gasteiger partial charge in [-0.05, 0) is 37.5 Å². The van der Waals surface area contributed by atoms with Crippen LogP contribution >= 0.6 is 0 Å². The third-order valence-corrected chi connectivity index (χ3v) is 6.71. The van der Waals surface area contributed by atoms with E-state index < -0.39 is 6.08 Å². The predicted octanol–water partition coefficient (Wildman–Crippen LogP) is 2.70. The molecule has 2 heterocycles. The summed E-state index contributed by atoms with van der Waals surface area (Å²) in [6, 6.07) is 0. The van der Waals surface area contributed by atoms with Crippen LogP contribution in [0.5, 0.6) is 0 Å². The van der Waals surface area contributed by atoms with Crippen molar-refractivity contribution in [3.8, 4) is 0 Å². The van der Waals surface area contributed by atoms with Crippen LogP contribution in [-0.4, -0.2) is 49.0 Å². The second-order valence-electron chi connectivity index (χ2n) is 8.62. The molecule has 2 aliphatic carbocycles. The lowest BCUT2D eigenvalue weighted by atomic mass is 9.56. The number of fused-ring (bicyclic) bond motifs is 1. The molecular formula is C20H30FN5O3. The standard InChI is InChI=1S/C20H30FN5O3/c1-28-14(5-8-26-12-23-15-16(22)24-19(21)25-17(15)26)11-29-18(27)13-9-20(10-13)6-3-2-4-7-20/h13-14,23H,2-12H2,1H3,(H2,22,24,25). The molecule has 8 nitrogen and oxygen atoms in total. The maximum atomic E-state index is 13.5. The van der Waals surface area contributed by atoms with Gasteiger partial charge < -0.3 is 25.4 Å². The third-order valence-electron chi connectivity index (χ3n) is 6.71. The van der Waals surface area contributed by atoms with Gasteiger partial charge in [-0.15, -0.1) is 0 Å². The summed E-state index contributed by atoms with van der Waals surface area (Å²) >= 11 is 0. The summed E-state index contributed by atoms with van der Waals surface area (Å²) in [5, 5.41) is 3.08. The molecule has 29 heavy (non-hydrogen) atoms. The molecule has 3 N–H and O–H groups in total. The molecule has 1 aromatic rings. The minimum Gasteiger partial charge on any atom is -0.463 e. The minimum atomic E-state index is -0.844. The van der Waals surface area contributed by atoms with E-state index in [1.165, 1.54) is 32.1 Å². The number of carbonyl (C=O) groups is 1. The second kappa shape index (κ2) is 8.30. The Bertz CT molecular complexity index is 748. The zero-order valence-corrected chi connectivity index (χ0v) is 17.0. The molecule has 1 aromatic heterocycles. The molecule has 2 fully saturated rings. The van der Waals surface area contributed by atoms with Crippen LogP contribution in [0.15, 0.2) is 0 Å². The molecule has 0 amide bonds. The quantitative estimate of drug-likeness (QED) is 0.525. The summed E-state index contributed by atoms with van der Waals surface area (Å²) in [4.78, 5) is 21.6. The number of hydrogen-bond acceptors (Lipinski definition) is 8. The molecule has 4 rings (SSSR count). The predicted molar refractivity (Wildman–Crippen MR) is 107 cm³/mol. The topological polar surface area (TPSA) is 103 Å². The average Bonchev–Trinajstić information content (AvgIpc) is 3.09. The van der Waals surface area contributed by atoms with Crippen LogP contribution < -0.4 is 16.0 Å². The van der Waals surface area contributed by atoms with E-state index in [1.807, 2.05) is 4.90 Å². The Balaban J connectivity index is 1.22. The molecule has 160 valence electrons. The first-order valence-electron chi connectivity index (χ1n) is 10.5. The largest absolute Gasteiger partial charge is 0.463 e. The zero-order chi connectivity index (χ0) is 20.4. The Kier molecular flexibility index (Phi) is 5.76. The fourth-order valence-corrected chi connectivity index (χ4v) is 5.00. The van der Waals surface area contributed by atoms with Crippen molar-refractivity contribution in [1.29, 1.82) is 0 Å². The monoisotopic (exact) mass is 407 g/mol. The number of nitrogen functional groups attached to an aromatic ring is 1. The molecule has 0 bridgehead atoms. The number of nitrogens with one attached hydrogen (secondary N) is 1. The molecule has 9 heteroatoms. The van der Waals surface area contributed by atoms with Gasteiger partial charge >= 0.3 is 12.0 Å². The minimum absolute atomic E-state index is 0.0444. The van der Waals surface area contributed by atoms with Crippen LogP contribution in [0.25, 0.3) is 0 Å². The van der Waals surface area contributed by atoms with Gasteiger partial charge in [0.15, 0.2) is 11.6 Å². The van der Waals surface area contributed by atoms with E-state index in [0.717, 1.165) is 12.8 Å². The van der Waals surface area contributed by atoms with Gasteiger partial charge in [0.2, 0.25) is 0 Å². The Morgan fingerprint density at radius 1 is 1.34 bits per heavy atom. The van der Waals surface area contributed by atoms with Gasteiger partial charge in [-0.25, -0.2) is 0 Å². The van der Waals surface area contributed by atoms with Crippen LogP contribution in [0.3, 0.4) is 0 Å². The van der Waals surface area contributed by atoms with Crippen molar-refractivity contribution in [3.63, 3.8) is 0 Å². The smallest absolute Gasteiger partial charge is 0.312 e. The van der Waals surface area contributed by atoms with Gasteiger partial charge in [-0.2, -0.15) is 14.4 Å². The van der Waals surface area contributed by atoms with E-state index in [4.69, 9.17) is 15.2 Å². The molecule has 1 atom stereocenters. The van der Waals surface area contributed by atoms with E-state index in [9.17, 15) is 9.18 Å². The maximum Gasteiger partial charge on any atom is 0.312 e. The summed E-state index contributed by atoms with van der Waals surface area (Å²) in [5.41, 5.74) is 6.70. The average molecular weight is 407 g/mol. The molecule has 1 aliphatic heterocycles. The first-order chi connectivity index (χ1) is 14.0. The molecule has 2 saturated carbocycles. The number of anilines is 3. The summed E-state index contributed by atoms with van der Waals surface area (Å²) in [5.74, 6) is 0.500. The number of hydrogen-bond donors (Lipinski definition) is 2. The Labute approximate surface area is 170 Å². The number of ether oxygens (including phenoxy) is 2. The molecule has 1 unspecified atom stereocenters. The van der Waals surface area contributed by atoms with Crippen molar-refractivity contribution in [2.75, 3.05) is 42.9 Å². The van der Waals surface area contributed by atoms with E-state index in [-0.39, 0.29) is 30.4 Å². The fourth-order valence-electron chi connectivity index (χ4n) is 5.00. The van der Waals surface area contributed by atoms with Crippen molar-refractivity contribution in [2.45, 2.75) is 57.5 Å². The Morgan fingerprint density at radius 3 is 2.83 bits per heavy atom. The molecular weight excluding hydrogens is 377 g/mol. The van der Waals surface area contributed by atoms with Crippen molar-refractivity contribution in [1.82, 2.24) is 9.97 Å². The van der Waals surface area contributed by atoms with Gasteiger partial charge in [-0.1, -0.05) is 19.3 Å². The van der Waals surface area contributed by atoms with Crippen LogP contribution in [0.1, 0.15) is 51.4 Å². The number of aromatic nitrogens is 2. The number of nitrogens with two attached hydrogens (primary N) is 1. The lowest BCUT2D eigenvalue weighted by molar-refractivity contribution is -0.162. The van der Waals surface area contributed by atoms with Gasteiger partial charge in [-0.3, -0.25) is 4.79 Å². The van der Waals surface area contributed by atoms with Gasteiger partial charge in [0.05, 0.1) is 18.7 Å². The Morgan fingerprint density at radius 2 is 2.10 bits per heavy atom. The number of rotatable bonds is 7. The number of nitrogens with zero attached hydrogens (tertiary/aromatic N) is 3. The highest BCUT2D eigenvalue weighted by Crippen LogP contribution is 2.55. The lowest BCUT2D eigenvalue weighted by Crippen LogP contribution is -2.43. The van der Waals surface area contributed by atoms with E-state index >= 15 is 0 Å². The normalized spacial score (nSPS) is 21.4. The number of esters is 1. The fraction of sp³-hybridized carbons (Fsp3) is 0.750. The van der Waals surface area contributed by atoms with E-state index in [1.54, 1.807) is 7.11 Å². The highest BCUT2D eigenvalue weighted by atomic mass is 19.1. The highest BCUT2D eigenvalue weighted by Gasteiger charge is 2.48. The molecule has 0 radical (unpaired) electrons. The molecule has 1 spiro atoms. The van der Waals surface area contributed by atoms with Crippen molar-refractivity contribution in [3.05, 3.63) is 6.08 Å². The molecule has 0 saturated heterocycles. The van der Waals surface area contributed by atoms with Gasteiger partial charge in [0.25, 0.3) is 0 Å². The number of carbonyl (C=O) groups excluding carboxylic acids is 1. The first-order valence-corrected chi connectivity index (χ1v) is 10.5. The summed E-state index contributed by atoms with van der Waals surface area (Å²) in [6.07, 6.45) is 7.94. The van der Waals surface area contributed by atoms with Crippen LogP contribution in [0.4, 0.5) is 21.7 Å². The van der Waals surface area contributed by atoms with Crippen LogP contribution in [-0.2, 0) is 14.3 Å². The van der Waals surface area contributed by atoms with Crippen LogP contribution in [0.2, 0.25) is 0 Å². The maximum absolute atomic E-state index is 13.5. The Hall–Kier alpha value is -2.16.